The number of carbonyl (C=O) groups is 1. The van der Waals surface area contributed by atoms with Crippen molar-refractivity contribution in [3.8, 4) is 11.5 Å². The number of aliphatic hydroxyl groups is 1. The van der Waals surface area contributed by atoms with Crippen molar-refractivity contribution in [1.29, 1.82) is 0 Å². The average Bonchev–Trinajstić information content (AvgIpc) is 3.36. The van der Waals surface area contributed by atoms with Crippen LogP contribution >= 0.6 is 0 Å². The van der Waals surface area contributed by atoms with Crippen molar-refractivity contribution >= 4 is 11.7 Å². The predicted molar refractivity (Wildman–Crippen MR) is 199 cm³/mol. The third-order valence-electron chi connectivity index (χ3n) is 10.9. The lowest BCUT2D eigenvalue weighted by Crippen LogP contribution is -2.46. The van der Waals surface area contributed by atoms with E-state index in [-0.39, 0.29) is 30.8 Å². The van der Waals surface area contributed by atoms with Crippen LogP contribution in [0, 0.1) is 16.7 Å². The van der Waals surface area contributed by atoms with Crippen LogP contribution in [0.25, 0.3) is 0 Å². The number of hydrogen-bond donors (Lipinski definition) is 3. The molecule has 2 amide bonds. The van der Waals surface area contributed by atoms with Crippen molar-refractivity contribution in [2.75, 3.05) is 18.4 Å². The Labute approximate surface area is 302 Å². The summed E-state index contributed by atoms with van der Waals surface area (Å²) in [6.45, 7) is 11.9. The summed E-state index contributed by atoms with van der Waals surface area (Å²) in [6.07, 6.45) is 3.05. The first-order valence-corrected chi connectivity index (χ1v) is 18.3. The molecule has 0 radical (unpaired) electrons. The van der Waals surface area contributed by atoms with Gasteiger partial charge in [-0.1, -0.05) is 94.4 Å². The van der Waals surface area contributed by atoms with Gasteiger partial charge in [0.05, 0.1) is 18.8 Å². The van der Waals surface area contributed by atoms with Crippen LogP contribution in [-0.4, -0.2) is 41.3 Å². The lowest BCUT2D eigenvalue weighted by Gasteiger charge is -2.43. The van der Waals surface area contributed by atoms with E-state index in [9.17, 15) is 9.90 Å². The molecule has 6 unspecified atom stereocenters. The molecule has 4 aromatic rings. The van der Waals surface area contributed by atoms with Crippen LogP contribution in [0.2, 0.25) is 0 Å². The summed E-state index contributed by atoms with van der Waals surface area (Å²) in [5.41, 5.74) is 5.28. The van der Waals surface area contributed by atoms with E-state index < -0.39 is 6.29 Å². The molecular formula is C43H51N3O5. The highest BCUT2D eigenvalue weighted by molar-refractivity contribution is 5.89. The van der Waals surface area contributed by atoms with E-state index in [4.69, 9.17) is 14.2 Å². The molecule has 4 aromatic carbocycles. The molecule has 0 aromatic heterocycles. The number of ether oxygens (including phenoxy) is 3. The fraction of sp³-hybridized carbons (Fsp3) is 0.419. The molecule has 8 heteroatoms. The van der Waals surface area contributed by atoms with Crippen molar-refractivity contribution in [3.05, 3.63) is 125 Å². The second-order valence-electron chi connectivity index (χ2n) is 16.0. The van der Waals surface area contributed by atoms with Crippen molar-refractivity contribution in [2.24, 2.45) is 16.7 Å². The van der Waals surface area contributed by atoms with Crippen molar-refractivity contribution in [1.82, 2.24) is 10.2 Å². The van der Waals surface area contributed by atoms with Gasteiger partial charge in [0.1, 0.15) is 11.5 Å². The molecular weight excluding hydrogens is 638 g/mol. The van der Waals surface area contributed by atoms with E-state index in [0.29, 0.717) is 34.9 Å². The van der Waals surface area contributed by atoms with Crippen LogP contribution in [0.3, 0.4) is 0 Å². The summed E-state index contributed by atoms with van der Waals surface area (Å²) in [7, 11) is 0. The van der Waals surface area contributed by atoms with E-state index in [1.165, 1.54) is 19.3 Å². The van der Waals surface area contributed by atoms with Crippen LogP contribution in [0.5, 0.6) is 11.5 Å². The van der Waals surface area contributed by atoms with E-state index in [1.807, 2.05) is 91.0 Å². The molecule has 3 aliphatic rings. The van der Waals surface area contributed by atoms with Crippen molar-refractivity contribution in [3.63, 3.8) is 0 Å². The van der Waals surface area contributed by atoms with Gasteiger partial charge in [0.2, 0.25) is 0 Å². The summed E-state index contributed by atoms with van der Waals surface area (Å²) in [5, 5.41) is 15.5. The molecule has 3 fully saturated rings. The van der Waals surface area contributed by atoms with Crippen molar-refractivity contribution < 1.29 is 24.1 Å². The largest absolute Gasteiger partial charge is 0.457 e. The molecule has 51 heavy (non-hydrogen) atoms. The normalized spacial score (nSPS) is 27.1. The Bertz CT molecular complexity index is 1760. The third kappa shape index (κ3) is 8.47. The first kappa shape index (κ1) is 35.2. The number of anilines is 1. The first-order chi connectivity index (χ1) is 24.5. The molecule has 2 bridgehead atoms. The van der Waals surface area contributed by atoms with E-state index in [1.54, 1.807) is 0 Å². The van der Waals surface area contributed by atoms with Gasteiger partial charge in [0.25, 0.3) is 0 Å². The highest BCUT2D eigenvalue weighted by Crippen LogP contribution is 2.53. The lowest BCUT2D eigenvalue weighted by atomic mass is 9.65. The zero-order valence-corrected chi connectivity index (χ0v) is 30.2. The third-order valence-corrected chi connectivity index (χ3v) is 10.9. The number of fused-ring (bicyclic) bond motifs is 2. The van der Waals surface area contributed by atoms with Gasteiger partial charge in [-0.3, -0.25) is 4.90 Å². The number of nitrogens with zero attached hydrogens (tertiary/aromatic N) is 1. The van der Waals surface area contributed by atoms with Gasteiger partial charge < -0.3 is 30.0 Å². The van der Waals surface area contributed by atoms with Gasteiger partial charge in [0.15, 0.2) is 6.29 Å². The molecule has 1 saturated carbocycles. The summed E-state index contributed by atoms with van der Waals surface area (Å²) in [6, 6.07) is 33.4. The quantitative estimate of drug-likeness (QED) is 0.154. The molecule has 2 aliphatic heterocycles. The lowest BCUT2D eigenvalue weighted by molar-refractivity contribution is -0.276. The Morgan fingerprint density at radius 2 is 1.51 bits per heavy atom. The number of carbonyl (C=O) groups excluding carboxylic acids is 1. The fourth-order valence-corrected chi connectivity index (χ4v) is 8.73. The monoisotopic (exact) mass is 689 g/mol. The Kier molecular flexibility index (Phi) is 10.2. The number of likely N-dealkylation sites (tertiary alicyclic amines) is 1. The number of aliphatic hydroxyl groups excluding tert-OH is 1. The first-order valence-electron chi connectivity index (χ1n) is 18.3. The molecule has 7 rings (SSSR count). The number of urea groups is 1. The van der Waals surface area contributed by atoms with Crippen LogP contribution in [-0.2, 0) is 22.6 Å². The maximum Gasteiger partial charge on any atom is 0.319 e. The Hall–Kier alpha value is -4.21. The SMILES string of the molecule is CC1C(CN2CC3(C)CC2CC(C)(C)C3)OC(c2ccc(CNC(=O)Nc3ccc(Oc4ccccc4)cc3)cc2)OC1c1ccc(CO)cc1. The van der Waals surface area contributed by atoms with Gasteiger partial charge in [0, 0.05) is 42.8 Å². The van der Waals surface area contributed by atoms with Crippen LogP contribution in [0.15, 0.2) is 103 Å². The Balaban J connectivity index is 0.992. The molecule has 6 atom stereocenters. The Morgan fingerprint density at radius 1 is 0.843 bits per heavy atom. The highest BCUT2D eigenvalue weighted by Gasteiger charge is 2.51. The summed E-state index contributed by atoms with van der Waals surface area (Å²) in [5.74, 6) is 1.59. The molecule has 8 nitrogen and oxygen atoms in total. The standard InChI is InChI=1S/C43H51N3O5/c1-29-38(25-46-28-43(4)23-35(46)22-42(2,3)27-43)50-40(51-39(29)32-14-12-31(26-47)13-15-32)33-16-10-30(11-17-33)24-44-41(48)45-34-18-20-37(21-19-34)49-36-8-6-5-7-9-36/h5-21,29,35,38-40,47H,22-28H2,1-4H3,(H2,44,45,48). The van der Waals surface area contributed by atoms with E-state index in [2.05, 4.69) is 55.4 Å². The smallest absolute Gasteiger partial charge is 0.319 e. The summed E-state index contributed by atoms with van der Waals surface area (Å²) in [4.78, 5) is 15.4. The van der Waals surface area contributed by atoms with Crippen LogP contribution in [0.4, 0.5) is 10.5 Å². The van der Waals surface area contributed by atoms with Gasteiger partial charge in [-0.2, -0.15) is 0 Å². The highest BCUT2D eigenvalue weighted by atomic mass is 16.7. The number of benzene rings is 4. The zero-order chi connectivity index (χ0) is 35.6. The molecule has 1 aliphatic carbocycles. The second-order valence-corrected chi connectivity index (χ2v) is 16.0. The number of para-hydroxylation sites is 1. The maximum absolute atomic E-state index is 12.7. The van der Waals surface area contributed by atoms with Crippen LogP contribution < -0.4 is 15.4 Å². The number of hydrogen-bond acceptors (Lipinski definition) is 6. The molecule has 3 N–H and O–H groups in total. The van der Waals surface area contributed by atoms with E-state index in [0.717, 1.165) is 41.1 Å². The molecule has 268 valence electrons. The fourth-order valence-electron chi connectivity index (χ4n) is 8.73. The number of amides is 2. The topological polar surface area (TPSA) is 92.3 Å². The minimum Gasteiger partial charge on any atom is -0.457 e. The Morgan fingerprint density at radius 3 is 2.22 bits per heavy atom. The number of nitrogens with one attached hydrogen (secondary N) is 2. The minimum atomic E-state index is -0.526. The predicted octanol–water partition coefficient (Wildman–Crippen LogP) is 8.98. The molecule has 2 saturated heterocycles. The average molecular weight is 690 g/mol. The maximum atomic E-state index is 12.7. The summed E-state index contributed by atoms with van der Waals surface area (Å²) < 4.78 is 19.4. The molecule has 0 spiro atoms. The zero-order valence-electron chi connectivity index (χ0n) is 30.2. The van der Waals surface area contributed by atoms with Gasteiger partial charge in [-0.05, 0) is 83.2 Å². The second kappa shape index (κ2) is 14.8. The minimum absolute atomic E-state index is 0.0127. The number of rotatable bonds is 10. The van der Waals surface area contributed by atoms with Gasteiger partial charge in [-0.25, -0.2) is 4.79 Å². The van der Waals surface area contributed by atoms with Crippen molar-refractivity contribution in [2.45, 2.75) is 84.6 Å². The van der Waals surface area contributed by atoms with Gasteiger partial charge >= 0.3 is 6.03 Å². The van der Waals surface area contributed by atoms with Gasteiger partial charge in [-0.15, -0.1) is 0 Å². The summed E-state index contributed by atoms with van der Waals surface area (Å²) >= 11 is 0. The molecule has 2 heterocycles. The van der Waals surface area contributed by atoms with E-state index >= 15 is 0 Å². The van der Waals surface area contributed by atoms with Crippen LogP contribution in [0.1, 0.15) is 81.6 Å².